The topological polar surface area (TPSA) is 68.8 Å². The molecule has 8 heteroatoms. The smallest absolute Gasteiger partial charge is 0.320 e. The molecule has 4 heterocycles. The molecule has 2 saturated heterocycles. The second-order valence-electron chi connectivity index (χ2n) is 9.63. The number of carbonyl (C=O) groups is 2. The lowest BCUT2D eigenvalue weighted by Crippen LogP contribution is -2.64. The van der Waals surface area contributed by atoms with E-state index in [1.165, 1.54) is 22.5 Å². The number of fused-ring (bicyclic) bond motifs is 1. The zero-order chi connectivity index (χ0) is 25.1. The van der Waals surface area contributed by atoms with Gasteiger partial charge in [0.1, 0.15) is 0 Å². The molecular weight excluding hydrogens is 470 g/mol. The van der Waals surface area contributed by atoms with Crippen LogP contribution in [-0.4, -0.2) is 76.4 Å². The fraction of sp³-hybridized carbons (Fsp3) is 0.393. The molecule has 2 fully saturated rings. The lowest BCUT2D eigenvalue weighted by atomic mass is 9.94. The fourth-order valence-electron chi connectivity index (χ4n) is 5.20. The van der Waals surface area contributed by atoms with Crippen LogP contribution in [0.4, 0.5) is 4.79 Å². The Morgan fingerprint density at radius 3 is 2.69 bits per heavy atom. The van der Waals surface area contributed by atoms with E-state index in [4.69, 9.17) is 0 Å². The van der Waals surface area contributed by atoms with E-state index in [2.05, 4.69) is 41.2 Å². The van der Waals surface area contributed by atoms with E-state index in [9.17, 15) is 9.59 Å². The summed E-state index contributed by atoms with van der Waals surface area (Å²) in [5, 5.41) is 6.03. The minimum Gasteiger partial charge on any atom is -0.335 e. The van der Waals surface area contributed by atoms with Gasteiger partial charge in [0.2, 0.25) is 0 Å². The normalized spacial score (nSPS) is 20.5. The second kappa shape index (κ2) is 10.8. The summed E-state index contributed by atoms with van der Waals surface area (Å²) < 4.78 is 0. The standard InChI is InChI=1S/C28H33N5O2S/c1-3-5-6-20(4-2)21-7-8-23-16-32(12-9-22(23)15-21)28(35)33-18-25(19-33)30-24-10-13-31(17-24)27(34)26-29-11-14-36-26/h3-8,11,14-15,24-25,30H,2,9-10,12-13,16-19H2,1H3/b5-3-,20-6+. The molecule has 0 aliphatic carbocycles. The number of amides is 3. The Labute approximate surface area is 216 Å². The number of nitrogens with zero attached hydrogens (tertiary/aromatic N) is 4. The molecule has 3 aliphatic rings. The highest BCUT2D eigenvalue weighted by Crippen LogP contribution is 2.26. The highest BCUT2D eigenvalue weighted by atomic mass is 32.1. The van der Waals surface area contributed by atoms with Crippen molar-refractivity contribution < 1.29 is 9.59 Å². The number of rotatable bonds is 6. The molecule has 7 nitrogen and oxygen atoms in total. The molecule has 0 saturated carbocycles. The first-order valence-corrected chi connectivity index (χ1v) is 13.5. The van der Waals surface area contributed by atoms with Crippen molar-refractivity contribution in [2.45, 2.75) is 38.4 Å². The molecule has 36 heavy (non-hydrogen) atoms. The number of benzene rings is 1. The van der Waals surface area contributed by atoms with Crippen LogP contribution in [0.3, 0.4) is 0 Å². The molecule has 0 spiro atoms. The molecule has 5 rings (SSSR count). The van der Waals surface area contributed by atoms with E-state index in [0.29, 0.717) is 18.1 Å². The summed E-state index contributed by atoms with van der Waals surface area (Å²) in [6.07, 6.45) is 11.5. The van der Waals surface area contributed by atoms with Crippen LogP contribution >= 0.6 is 11.3 Å². The first kappa shape index (κ1) is 24.5. The fourth-order valence-corrected chi connectivity index (χ4v) is 5.80. The van der Waals surface area contributed by atoms with Gasteiger partial charge in [-0.05, 0) is 42.0 Å². The van der Waals surface area contributed by atoms with E-state index in [1.54, 1.807) is 6.20 Å². The Balaban J connectivity index is 1.10. The van der Waals surface area contributed by atoms with Crippen molar-refractivity contribution in [3.63, 3.8) is 0 Å². The predicted octanol–water partition coefficient (Wildman–Crippen LogP) is 3.96. The van der Waals surface area contributed by atoms with Crippen molar-refractivity contribution in [3.8, 4) is 0 Å². The number of hydrogen-bond acceptors (Lipinski definition) is 5. The molecule has 2 aromatic rings. The van der Waals surface area contributed by atoms with Gasteiger partial charge < -0.3 is 20.0 Å². The van der Waals surface area contributed by atoms with Gasteiger partial charge >= 0.3 is 6.03 Å². The maximum Gasteiger partial charge on any atom is 0.320 e. The number of nitrogens with one attached hydrogen (secondary N) is 1. The maximum absolute atomic E-state index is 13.1. The molecule has 1 aromatic carbocycles. The van der Waals surface area contributed by atoms with Crippen LogP contribution in [0.5, 0.6) is 0 Å². The summed E-state index contributed by atoms with van der Waals surface area (Å²) in [6, 6.07) is 7.19. The Bertz CT molecular complexity index is 1180. The van der Waals surface area contributed by atoms with Gasteiger partial charge in [0.15, 0.2) is 5.01 Å². The van der Waals surface area contributed by atoms with E-state index in [-0.39, 0.29) is 24.0 Å². The number of urea groups is 1. The summed E-state index contributed by atoms with van der Waals surface area (Å²) >= 11 is 1.39. The van der Waals surface area contributed by atoms with Crippen molar-refractivity contribution in [1.82, 2.24) is 25.0 Å². The molecule has 188 valence electrons. The minimum atomic E-state index is 0.0201. The molecule has 0 bridgehead atoms. The Morgan fingerprint density at radius 1 is 1.11 bits per heavy atom. The van der Waals surface area contributed by atoms with E-state index >= 15 is 0 Å². The maximum atomic E-state index is 13.1. The van der Waals surface area contributed by atoms with Crippen molar-refractivity contribution in [1.29, 1.82) is 0 Å². The van der Waals surface area contributed by atoms with Gasteiger partial charge in [-0.3, -0.25) is 4.79 Å². The zero-order valence-corrected chi connectivity index (χ0v) is 21.5. The number of allylic oxidation sites excluding steroid dienone is 5. The molecule has 3 aliphatic heterocycles. The first-order chi connectivity index (χ1) is 17.6. The third kappa shape index (κ3) is 5.15. The summed E-state index contributed by atoms with van der Waals surface area (Å²) in [4.78, 5) is 35.5. The van der Waals surface area contributed by atoms with Crippen molar-refractivity contribution in [3.05, 3.63) is 82.4 Å². The monoisotopic (exact) mass is 503 g/mol. The van der Waals surface area contributed by atoms with Gasteiger partial charge in [-0.1, -0.05) is 49.1 Å². The Kier molecular flexibility index (Phi) is 7.34. The number of likely N-dealkylation sites (tertiary alicyclic amines) is 2. The molecule has 1 N–H and O–H groups in total. The number of carbonyl (C=O) groups excluding carboxylic acids is 2. The predicted molar refractivity (Wildman–Crippen MR) is 144 cm³/mol. The van der Waals surface area contributed by atoms with Gasteiger partial charge in [0.25, 0.3) is 5.91 Å². The largest absolute Gasteiger partial charge is 0.335 e. The van der Waals surface area contributed by atoms with Crippen molar-refractivity contribution in [2.24, 2.45) is 0 Å². The van der Waals surface area contributed by atoms with Crippen molar-refractivity contribution >= 4 is 28.8 Å². The van der Waals surface area contributed by atoms with Crippen LogP contribution < -0.4 is 5.32 Å². The van der Waals surface area contributed by atoms with Crippen LogP contribution in [0, 0.1) is 0 Å². The lowest BCUT2D eigenvalue weighted by molar-refractivity contribution is 0.0781. The average Bonchev–Trinajstić information content (AvgIpc) is 3.58. The Hall–Kier alpha value is -3.23. The minimum absolute atomic E-state index is 0.0201. The molecule has 0 radical (unpaired) electrons. The van der Waals surface area contributed by atoms with Crippen LogP contribution in [-0.2, 0) is 13.0 Å². The van der Waals surface area contributed by atoms with Crippen molar-refractivity contribution in [2.75, 3.05) is 32.7 Å². The summed E-state index contributed by atoms with van der Waals surface area (Å²) in [5.74, 6) is 0.0201. The Morgan fingerprint density at radius 2 is 1.94 bits per heavy atom. The van der Waals surface area contributed by atoms with Gasteiger partial charge in [-0.15, -0.1) is 11.3 Å². The van der Waals surface area contributed by atoms with E-state index < -0.39 is 0 Å². The van der Waals surface area contributed by atoms with Crippen LogP contribution in [0.25, 0.3) is 5.57 Å². The second-order valence-corrected chi connectivity index (χ2v) is 10.5. The summed E-state index contributed by atoms with van der Waals surface area (Å²) in [6.45, 7) is 10.2. The average molecular weight is 504 g/mol. The number of aromatic nitrogens is 1. The third-order valence-corrected chi connectivity index (χ3v) is 7.99. The SMILES string of the molecule is C=C/C(=C\C=C/C)c1ccc2c(c1)CCN(C(=O)N1CC(NC3CCN(C(=O)c4nccs4)C3)C1)C2. The van der Waals surface area contributed by atoms with Gasteiger partial charge in [0, 0.05) is 62.9 Å². The third-order valence-electron chi connectivity index (χ3n) is 7.22. The first-order valence-electron chi connectivity index (χ1n) is 12.6. The molecule has 1 unspecified atom stereocenters. The summed E-state index contributed by atoms with van der Waals surface area (Å²) in [5.41, 5.74) is 4.80. The highest BCUT2D eigenvalue weighted by Gasteiger charge is 2.37. The molecule has 3 amide bonds. The van der Waals surface area contributed by atoms with Gasteiger partial charge in [-0.2, -0.15) is 0 Å². The molecular formula is C28H33N5O2S. The van der Waals surface area contributed by atoms with E-state index in [1.807, 2.05) is 45.2 Å². The highest BCUT2D eigenvalue weighted by molar-refractivity contribution is 7.11. The molecule has 1 atom stereocenters. The quantitative estimate of drug-likeness (QED) is 0.606. The van der Waals surface area contributed by atoms with Crippen LogP contribution in [0.2, 0.25) is 0 Å². The van der Waals surface area contributed by atoms with Crippen LogP contribution in [0.1, 0.15) is 39.8 Å². The number of thiazole rings is 1. The van der Waals surface area contributed by atoms with E-state index in [0.717, 1.165) is 50.2 Å². The zero-order valence-electron chi connectivity index (χ0n) is 20.7. The molecule has 1 aromatic heterocycles. The van der Waals surface area contributed by atoms with Crippen LogP contribution in [0.15, 0.2) is 60.7 Å². The number of hydrogen-bond donors (Lipinski definition) is 1. The van der Waals surface area contributed by atoms with Gasteiger partial charge in [-0.25, -0.2) is 9.78 Å². The van der Waals surface area contributed by atoms with Gasteiger partial charge in [0.05, 0.1) is 0 Å². The lowest BCUT2D eigenvalue weighted by Gasteiger charge is -2.44. The summed E-state index contributed by atoms with van der Waals surface area (Å²) in [7, 11) is 0.